The number of pyridine rings is 1. The van der Waals surface area contributed by atoms with Crippen LogP contribution in [0.3, 0.4) is 0 Å². The number of nitrogen functional groups attached to an aromatic ring is 1. The smallest absolute Gasteiger partial charge is 0.435 e. The van der Waals surface area contributed by atoms with E-state index >= 15 is 0 Å². The molecule has 16 heteroatoms. The number of oxime groups is 1. The molecule has 4 rings (SSSR count). The van der Waals surface area contributed by atoms with Crippen molar-refractivity contribution < 1.29 is 38.6 Å². The van der Waals surface area contributed by atoms with Crippen molar-refractivity contribution in [3.63, 3.8) is 0 Å². The van der Waals surface area contributed by atoms with Crippen molar-refractivity contribution in [3.8, 4) is 0 Å². The Morgan fingerprint density at radius 2 is 2.15 bits per heavy atom. The van der Waals surface area contributed by atoms with Crippen molar-refractivity contribution in [3.05, 3.63) is 58.5 Å². The first-order valence-corrected chi connectivity index (χ1v) is 13.7. The summed E-state index contributed by atoms with van der Waals surface area (Å²) in [7, 11) is 0. The molecule has 2 aliphatic heterocycles. The standard InChI is InChI=1S/C24H24N6O8S2/c1-3-36-24(34)38-12(2)37-22(33)18-14(7-6-13-5-4-8-26-9-13)10-39-21-17(20(32)30(18)21)28-19(31)16(29-35)15-11-40-23(25)27-15/h4-9,11-12,17,21,35H,3,10H2,1-2H3,(H2,25,27)(H,28,31)/b7-6-,29-16?/t12?,17-,21+/m1/s1. The van der Waals surface area contributed by atoms with Crippen LogP contribution in [0.25, 0.3) is 6.08 Å². The molecule has 2 aromatic heterocycles. The van der Waals surface area contributed by atoms with E-state index in [1.54, 1.807) is 37.5 Å². The highest BCUT2D eigenvalue weighted by molar-refractivity contribution is 8.00. The number of nitrogens with two attached hydrogens (primary N) is 1. The van der Waals surface area contributed by atoms with Gasteiger partial charge >= 0.3 is 12.1 Å². The van der Waals surface area contributed by atoms with Gasteiger partial charge in [-0.05, 0) is 24.1 Å². The Hall–Kier alpha value is -4.44. The van der Waals surface area contributed by atoms with Gasteiger partial charge < -0.3 is 30.5 Å². The molecular weight excluding hydrogens is 564 g/mol. The van der Waals surface area contributed by atoms with Crippen molar-refractivity contribution in [1.29, 1.82) is 0 Å². The second kappa shape index (κ2) is 12.6. The second-order valence-electron chi connectivity index (χ2n) is 8.15. The number of esters is 1. The third-order valence-corrected chi connectivity index (χ3v) is 7.49. The van der Waals surface area contributed by atoms with E-state index in [-0.39, 0.29) is 28.9 Å². The Morgan fingerprint density at radius 3 is 2.80 bits per heavy atom. The van der Waals surface area contributed by atoms with Gasteiger partial charge in [-0.2, -0.15) is 0 Å². The zero-order chi connectivity index (χ0) is 28.8. The quantitative estimate of drug-likeness (QED) is 0.0960. The first kappa shape index (κ1) is 28.6. The number of carbonyl (C=O) groups excluding carboxylic acids is 4. The van der Waals surface area contributed by atoms with Crippen LogP contribution in [0.15, 0.2) is 52.4 Å². The van der Waals surface area contributed by atoms with Crippen LogP contribution in [-0.2, 0) is 28.6 Å². The van der Waals surface area contributed by atoms with Gasteiger partial charge in [-0.25, -0.2) is 14.6 Å². The molecule has 3 atom stereocenters. The van der Waals surface area contributed by atoms with Gasteiger partial charge in [0, 0.05) is 30.5 Å². The molecule has 1 saturated heterocycles. The Labute approximate surface area is 235 Å². The minimum atomic E-state index is -1.31. The Kier molecular flexibility index (Phi) is 9.00. The van der Waals surface area contributed by atoms with Crippen LogP contribution < -0.4 is 11.1 Å². The fourth-order valence-electron chi connectivity index (χ4n) is 3.77. The molecule has 1 unspecified atom stereocenters. The van der Waals surface area contributed by atoms with Gasteiger partial charge in [-0.15, -0.1) is 23.1 Å². The van der Waals surface area contributed by atoms with Crippen LogP contribution in [0.1, 0.15) is 25.1 Å². The molecule has 0 radical (unpaired) electrons. The van der Waals surface area contributed by atoms with E-state index in [4.69, 9.17) is 19.9 Å². The van der Waals surface area contributed by atoms with Crippen LogP contribution >= 0.6 is 23.1 Å². The average molecular weight is 589 g/mol. The number of hydrogen-bond acceptors (Lipinski definition) is 14. The number of rotatable bonds is 9. The zero-order valence-corrected chi connectivity index (χ0v) is 22.8. The lowest BCUT2D eigenvalue weighted by Crippen LogP contribution is -2.71. The van der Waals surface area contributed by atoms with Gasteiger partial charge in [0.2, 0.25) is 6.29 Å². The topological polar surface area (TPSA) is 196 Å². The molecule has 40 heavy (non-hydrogen) atoms. The molecule has 1 fully saturated rings. The maximum Gasteiger partial charge on any atom is 0.511 e. The van der Waals surface area contributed by atoms with Crippen molar-refractivity contribution in [2.45, 2.75) is 31.6 Å². The number of anilines is 1. The number of carbonyl (C=O) groups is 4. The maximum absolute atomic E-state index is 13.3. The highest BCUT2D eigenvalue weighted by Crippen LogP contribution is 2.41. The number of nitrogens with zero attached hydrogens (tertiary/aromatic N) is 4. The molecule has 14 nitrogen and oxygen atoms in total. The third kappa shape index (κ3) is 6.23. The number of thiazole rings is 1. The summed E-state index contributed by atoms with van der Waals surface area (Å²) in [4.78, 5) is 60.1. The summed E-state index contributed by atoms with van der Waals surface area (Å²) in [5, 5.41) is 15.8. The molecule has 210 valence electrons. The largest absolute Gasteiger partial charge is 0.511 e. The number of fused-ring (bicyclic) bond motifs is 1. The molecule has 0 bridgehead atoms. The monoisotopic (exact) mass is 588 g/mol. The summed E-state index contributed by atoms with van der Waals surface area (Å²) >= 11 is 2.35. The second-order valence-corrected chi connectivity index (χ2v) is 10.1. The van der Waals surface area contributed by atoms with Gasteiger partial charge in [0.05, 0.1) is 6.61 Å². The number of amides is 2. The van der Waals surface area contributed by atoms with Gasteiger partial charge in [-0.3, -0.25) is 19.5 Å². The maximum atomic E-state index is 13.3. The summed E-state index contributed by atoms with van der Waals surface area (Å²) in [5.74, 6) is -2.09. The van der Waals surface area contributed by atoms with Crippen LogP contribution in [0.4, 0.5) is 9.93 Å². The molecule has 2 amide bonds. The number of aromatic nitrogens is 2. The molecular formula is C24H24N6O8S2. The molecule has 0 saturated carbocycles. The molecule has 0 aromatic carbocycles. The SMILES string of the molecule is CCOC(=O)OC(C)OC(=O)C1=C(/C=C\c2cccnc2)CS[C@H]2[C@H](NC(=O)C(=NO)c3csc(N)n3)C(=O)N12. The minimum absolute atomic E-state index is 0.0463. The highest BCUT2D eigenvalue weighted by atomic mass is 32.2. The Bertz CT molecular complexity index is 1390. The Morgan fingerprint density at radius 1 is 1.35 bits per heavy atom. The predicted molar refractivity (Wildman–Crippen MR) is 144 cm³/mol. The van der Waals surface area contributed by atoms with E-state index in [0.29, 0.717) is 5.57 Å². The highest BCUT2D eigenvalue weighted by Gasteiger charge is 2.54. The predicted octanol–water partition coefficient (Wildman–Crippen LogP) is 1.73. The van der Waals surface area contributed by atoms with E-state index in [0.717, 1.165) is 16.9 Å². The van der Waals surface area contributed by atoms with Crippen LogP contribution in [-0.4, -0.2) is 79.8 Å². The first-order chi connectivity index (χ1) is 19.2. The van der Waals surface area contributed by atoms with Crippen LogP contribution in [0, 0.1) is 0 Å². The summed E-state index contributed by atoms with van der Waals surface area (Å²) in [6.07, 6.45) is 4.31. The molecule has 0 aliphatic carbocycles. The van der Waals surface area contributed by atoms with E-state index in [1.807, 2.05) is 6.07 Å². The van der Waals surface area contributed by atoms with Crippen LogP contribution in [0.5, 0.6) is 0 Å². The number of nitrogens with one attached hydrogen (secondary N) is 1. The Balaban J connectivity index is 1.56. The summed E-state index contributed by atoms with van der Waals surface area (Å²) in [6, 6.07) is 2.52. The molecule has 0 spiro atoms. The molecule has 4 heterocycles. The first-order valence-electron chi connectivity index (χ1n) is 11.8. The zero-order valence-electron chi connectivity index (χ0n) is 21.2. The lowest BCUT2D eigenvalue weighted by atomic mass is 10.0. The lowest BCUT2D eigenvalue weighted by molar-refractivity contribution is -0.168. The van der Waals surface area contributed by atoms with Gasteiger partial charge in [0.25, 0.3) is 11.8 Å². The average Bonchev–Trinajstić information content (AvgIpc) is 3.36. The summed E-state index contributed by atoms with van der Waals surface area (Å²) in [5.41, 5.74) is 6.38. The lowest BCUT2D eigenvalue weighted by Gasteiger charge is -2.49. The number of ether oxygens (including phenoxy) is 3. The van der Waals surface area contributed by atoms with Gasteiger partial charge in [0.15, 0.2) is 10.8 Å². The fraction of sp³-hybridized carbons (Fsp3) is 0.292. The van der Waals surface area contributed by atoms with Gasteiger partial charge in [0.1, 0.15) is 22.8 Å². The minimum Gasteiger partial charge on any atom is -0.435 e. The number of hydrogen-bond donors (Lipinski definition) is 3. The van der Waals surface area contributed by atoms with Crippen molar-refractivity contribution in [2.75, 3.05) is 18.1 Å². The van der Waals surface area contributed by atoms with E-state index in [1.165, 1.54) is 29.0 Å². The normalized spacial score (nSPS) is 19.5. The van der Waals surface area contributed by atoms with E-state index < -0.39 is 47.4 Å². The fourth-order valence-corrected chi connectivity index (χ4v) is 5.63. The van der Waals surface area contributed by atoms with E-state index in [2.05, 4.69) is 20.4 Å². The van der Waals surface area contributed by atoms with Gasteiger partial charge in [-0.1, -0.05) is 23.4 Å². The molecule has 2 aromatic rings. The number of β-lactam (4-membered cyclic amide) rings is 1. The summed E-state index contributed by atoms with van der Waals surface area (Å²) in [6.45, 7) is 2.99. The van der Waals surface area contributed by atoms with Crippen molar-refractivity contribution in [1.82, 2.24) is 20.2 Å². The van der Waals surface area contributed by atoms with Crippen molar-refractivity contribution >= 4 is 64.0 Å². The molecule has 4 N–H and O–H groups in total. The van der Waals surface area contributed by atoms with Crippen LogP contribution in [0.2, 0.25) is 0 Å². The number of allylic oxidation sites excluding steroid dienone is 1. The number of thioether (sulfide) groups is 1. The van der Waals surface area contributed by atoms with E-state index in [9.17, 15) is 24.4 Å². The third-order valence-electron chi connectivity index (χ3n) is 5.52. The van der Waals surface area contributed by atoms with Crippen molar-refractivity contribution in [2.24, 2.45) is 5.16 Å². The molecule has 2 aliphatic rings. The summed E-state index contributed by atoms with van der Waals surface area (Å²) < 4.78 is 14.9.